The number of carbonyl (C=O) groups is 4. The van der Waals surface area contributed by atoms with Crippen molar-refractivity contribution >= 4 is 49.1 Å². The Morgan fingerprint density at radius 3 is 2.14 bits per heavy atom. The second kappa shape index (κ2) is 30.4. The van der Waals surface area contributed by atoms with Crippen molar-refractivity contribution in [2.45, 2.75) is 115 Å². The van der Waals surface area contributed by atoms with Crippen LogP contribution in [0.3, 0.4) is 0 Å². The summed E-state index contributed by atoms with van der Waals surface area (Å²) < 4.78 is 50.9. The van der Waals surface area contributed by atoms with Crippen LogP contribution in [0.1, 0.15) is 126 Å². The fraction of sp³-hybridized carbons (Fsp3) is 0.483. The average Bonchev–Trinajstić information content (AvgIpc) is 4.01. The van der Waals surface area contributed by atoms with Gasteiger partial charge in [-0.05, 0) is 117 Å². The molecule has 79 heavy (non-hydrogen) atoms. The molecule has 1 aliphatic carbocycles. The number of nitrogens with one attached hydrogen (secondary N) is 1. The normalized spacial score (nSPS) is 16.2. The number of benzene rings is 3. The van der Waals surface area contributed by atoms with Crippen molar-refractivity contribution in [2.24, 2.45) is 10.2 Å². The molecule has 1 saturated carbocycles. The van der Waals surface area contributed by atoms with E-state index in [-0.39, 0.29) is 23.6 Å². The summed E-state index contributed by atoms with van der Waals surface area (Å²) in [5.41, 5.74) is 5.27. The van der Waals surface area contributed by atoms with Crippen LogP contribution >= 0.6 is 0 Å². The third-order valence-electron chi connectivity index (χ3n) is 14.8. The van der Waals surface area contributed by atoms with Crippen molar-refractivity contribution in [3.05, 3.63) is 135 Å². The Kier molecular flexibility index (Phi) is 23.6. The van der Waals surface area contributed by atoms with Gasteiger partial charge >= 0.3 is 11.9 Å². The van der Waals surface area contributed by atoms with Crippen LogP contribution < -0.4 is 15.9 Å². The number of carbonyl (C=O) groups excluding carboxylic acids is 4. The molecule has 5 aromatic rings. The van der Waals surface area contributed by atoms with Gasteiger partial charge in [-0.2, -0.15) is 18.3 Å². The van der Waals surface area contributed by atoms with Crippen LogP contribution in [0, 0.1) is 0 Å². The fourth-order valence-electron chi connectivity index (χ4n) is 9.94. The number of alkyl halides is 3. The minimum absolute atomic E-state index is 0.0282. The smallest absolute Gasteiger partial charge is 0.377 e. The lowest BCUT2D eigenvalue weighted by Gasteiger charge is -2.34. The Bertz CT molecular complexity index is 2840. The van der Waals surface area contributed by atoms with Gasteiger partial charge in [-0.25, -0.2) is 4.79 Å². The number of likely N-dealkylation sites (N-methyl/N-ethyl adjacent to an activating group) is 2. The summed E-state index contributed by atoms with van der Waals surface area (Å²) in [6.45, 7) is 11.7. The first-order valence-electron chi connectivity index (χ1n) is 27.5. The third-order valence-corrected chi connectivity index (χ3v) is 14.8. The third kappa shape index (κ3) is 17.5. The van der Waals surface area contributed by atoms with Crippen molar-refractivity contribution in [1.82, 2.24) is 33.9 Å². The monoisotopic (exact) mass is 1090 g/mol. The summed E-state index contributed by atoms with van der Waals surface area (Å²) in [7, 11) is 7.40. The number of amides is 2. The topological polar surface area (TPSA) is 157 Å². The highest BCUT2D eigenvalue weighted by atomic mass is 19.4. The largest absolute Gasteiger partial charge is 0.418 e. The Morgan fingerprint density at radius 2 is 1.54 bits per heavy atom. The van der Waals surface area contributed by atoms with Crippen LogP contribution in [0.25, 0.3) is 11.2 Å². The summed E-state index contributed by atoms with van der Waals surface area (Å²) in [6, 6.07) is 22.1. The number of hydrogen-bond acceptors (Lipinski definition) is 11. The Labute approximate surface area is 462 Å². The molecule has 1 N–H and O–H groups in total. The number of likely N-dealkylation sites (tertiary alicyclic amines) is 1. The number of imidazole rings is 1. The molecule has 3 aliphatic heterocycles. The molecule has 0 radical (unpaired) electrons. The molecular formula is C60H79F3N10O6. The lowest BCUT2D eigenvalue weighted by atomic mass is 9.89. The highest BCUT2D eigenvalue weighted by Crippen LogP contribution is 2.36. The highest BCUT2D eigenvalue weighted by Gasteiger charge is 2.36. The highest BCUT2D eigenvalue weighted by molar-refractivity contribution is 6.00. The maximum absolute atomic E-state index is 14.2. The summed E-state index contributed by atoms with van der Waals surface area (Å²) >= 11 is 0. The lowest BCUT2D eigenvalue weighted by molar-refractivity contribution is -0.136. The molecule has 2 saturated heterocycles. The minimum atomic E-state index is -4.61. The van der Waals surface area contributed by atoms with Gasteiger partial charge in [0, 0.05) is 102 Å². The van der Waals surface area contributed by atoms with Gasteiger partial charge in [-0.15, -0.1) is 5.10 Å². The summed E-state index contributed by atoms with van der Waals surface area (Å²) in [5.74, 6) is 0.482. The zero-order valence-corrected chi connectivity index (χ0v) is 46.6. The van der Waals surface area contributed by atoms with E-state index < -0.39 is 17.4 Å². The molecule has 0 spiro atoms. The quantitative estimate of drug-likeness (QED) is 0.0346. The minimum Gasteiger partial charge on any atom is -0.377 e. The van der Waals surface area contributed by atoms with E-state index in [4.69, 9.17) is 9.53 Å². The molecule has 2 aromatic heterocycles. The summed E-state index contributed by atoms with van der Waals surface area (Å²) in [5, 5.41) is 9.43. The SMILES string of the molecule is C1CCC1.C=N/N=C\N(C)CCc1cccc(-n2cc3c(C(F)(F)F)cc(CN4CCC(OCCN(C)C)CC4)cn3c2=O)c1.CCCC(C=O)N1Cc2cc(N3CCC(c4ccc(C=O)cc4)CC3)ccc2C1=O.CNC=O. The van der Waals surface area contributed by atoms with Crippen LogP contribution in [0.4, 0.5) is 18.9 Å². The van der Waals surface area contributed by atoms with Crippen molar-refractivity contribution in [3.63, 3.8) is 0 Å². The van der Waals surface area contributed by atoms with Crippen LogP contribution in [-0.2, 0) is 40.0 Å². The maximum Gasteiger partial charge on any atom is 0.418 e. The number of halogens is 3. The van der Waals surface area contributed by atoms with Gasteiger partial charge in [-0.3, -0.25) is 28.3 Å². The van der Waals surface area contributed by atoms with E-state index in [9.17, 15) is 32.3 Å². The van der Waals surface area contributed by atoms with Crippen molar-refractivity contribution in [1.29, 1.82) is 0 Å². The number of rotatable bonds is 20. The van der Waals surface area contributed by atoms with Crippen molar-refractivity contribution in [2.75, 3.05) is 79.0 Å². The number of ether oxygens (including phenoxy) is 1. The molecule has 9 rings (SSSR count). The van der Waals surface area contributed by atoms with E-state index >= 15 is 0 Å². The molecule has 0 bridgehead atoms. The molecule has 4 aliphatic rings. The number of nitrogens with zero attached hydrogens (tertiary/aromatic N) is 9. The number of pyridine rings is 1. The molecule has 5 heterocycles. The molecule has 3 fully saturated rings. The maximum atomic E-state index is 14.2. The number of aldehydes is 2. The first-order valence-corrected chi connectivity index (χ1v) is 27.5. The van der Waals surface area contributed by atoms with Crippen molar-refractivity contribution in [3.8, 4) is 5.69 Å². The van der Waals surface area contributed by atoms with E-state index in [1.165, 1.54) is 54.3 Å². The molecule has 1 unspecified atom stereocenters. The fourth-order valence-corrected chi connectivity index (χ4v) is 9.94. The van der Waals surface area contributed by atoms with Crippen LogP contribution in [0.15, 0.2) is 100 Å². The summed E-state index contributed by atoms with van der Waals surface area (Å²) in [4.78, 5) is 67.6. The van der Waals surface area contributed by atoms with E-state index in [2.05, 4.69) is 55.1 Å². The van der Waals surface area contributed by atoms with Crippen LogP contribution in [0.2, 0.25) is 0 Å². The zero-order valence-electron chi connectivity index (χ0n) is 46.6. The molecule has 19 heteroatoms. The first-order chi connectivity index (χ1) is 38.1. The van der Waals surface area contributed by atoms with E-state index in [0.717, 1.165) is 104 Å². The van der Waals surface area contributed by atoms with E-state index in [1.807, 2.05) is 69.4 Å². The number of aromatic nitrogens is 2. The predicted octanol–water partition coefficient (Wildman–Crippen LogP) is 8.90. The Hall–Kier alpha value is -6.96. The Morgan fingerprint density at radius 1 is 0.848 bits per heavy atom. The van der Waals surface area contributed by atoms with Gasteiger partial charge in [0.2, 0.25) is 6.41 Å². The number of piperidine rings is 2. The van der Waals surface area contributed by atoms with Crippen molar-refractivity contribution < 1.29 is 37.1 Å². The summed E-state index contributed by atoms with van der Waals surface area (Å²) in [6.07, 6.45) is 14.3. The predicted molar refractivity (Wildman–Crippen MR) is 306 cm³/mol. The standard InChI is InChI=1S/C29H38F3N7O2.C25H28N2O3.C4H8.C2H5NO/c1-33-34-21-36(4)11-8-22-6-5-7-24(16-22)38-20-27-26(29(30,31)32)17-23(19-39(27)28(38)40)18-37-12-9-25(10-13-37)41-15-14-35(2)3;1-2-3-23(17-29)27-15-21-14-22(8-9-24(21)25(27)30)26-12-10-20(11-13-26)19-6-4-18(16-28)5-7-19;1-2-4-3-1;1-3-2-4/h5-7,16-17,19-21,25H,1,8-15,18H2,2-4H3;4-9,14,16-17,20,23H,2-3,10-13,15H2,1H3;1-4H2;2H,1H3,(H,3,4)/b34-21-;;;. The lowest BCUT2D eigenvalue weighted by Crippen LogP contribution is -2.37. The number of anilines is 1. The molecule has 16 nitrogen and oxygen atoms in total. The molecule has 426 valence electrons. The van der Waals surface area contributed by atoms with E-state index in [0.29, 0.717) is 68.2 Å². The molecular weight excluding hydrogens is 1010 g/mol. The second-order valence-corrected chi connectivity index (χ2v) is 20.9. The van der Waals surface area contributed by atoms with Gasteiger partial charge in [0.15, 0.2) is 0 Å². The molecule has 3 aromatic carbocycles. The zero-order chi connectivity index (χ0) is 56.9. The van der Waals surface area contributed by atoms with Gasteiger partial charge in [0.1, 0.15) is 18.9 Å². The molecule has 1 atom stereocenters. The first kappa shape index (κ1) is 61.3. The van der Waals surface area contributed by atoms with Gasteiger partial charge < -0.3 is 34.4 Å². The van der Waals surface area contributed by atoms with Gasteiger partial charge in [0.05, 0.1) is 35.5 Å². The van der Waals surface area contributed by atoms with E-state index in [1.54, 1.807) is 30.4 Å². The van der Waals surface area contributed by atoms with Crippen LogP contribution in [0.5, 0.6) is 0 Å². The van der Waals surface area contributed by atoms with Gasteiger partial charge in [-0.1, -0.05) is 75.4 Å². The van der Waals surface area contributed by atoms with Gasteiger partial charge in [0.25, 0.3) is 5.91 Å². The second-order valence-electron chi connectivity index (χ2n) is 20.9. The molecule has 2 amide bonds. The van der Waals surface area contributed by atoms with Crippen LogP contribution in [-0.4, -0.2) is 153 Å². The number of fused-ring (bicyclic) bond motifs is 2. The Balaban J connectivity index is 0.000000231. The average molecular weight is 1090 g/mol. The number of hydrogen-bond donors (Lipinski definition) is 1.